The average Bonchev–Trinajstić information content (AvgIpc) is 2.96. The van der Waals surface area contributed by atoms with E-state index in [9.17, 15) is 4.79 Å². The second-order valence-corrected chi connectivity index (χ2v) is 9.58. The number of carbonyl (C=O) groups is 1. The number of piperidine rings is 1. The van der Waals surface area contributed by atoms with Crippen LogP contribution in [0.15, 0.2) is 18.2 Å². The summed E-state index contributed by atoms with van der Waals surface area (Å²) in [4.78, 5) is 17.5. The van der Waals surface area contributed by atoms with Gasteiger partial charge in [-0.2, -0.15) is 0 Å². The lowest BCUT2D eigenvalue weighted by atomic mass is 9.91. The van der Waals surface area contributed by atoms with Crippen molar-refractivity contribution < 1.29 is 14.3 Å². The zero-order valence-electron chi connectivity index (χ0n) is 18.2. The van der Waals surface area contributed by atoms with E-state index in [2.05, 4.69) is 28.0 Å². The topological polar surface area (TPSA) is 42.0 Å². The summed E-state index contributed by atoms with van der Waals surface area (Å²) >= 11 is 0. The molecule has 5 nitrogen and oxygen atoms in total. The van der Waals surface area contributed by atoms with Gasteiger partial charge in [-0.1, -0.05) is 12.5 Å². The van der Waals surface area contributed by atoms with Crippen molar-refractivity contribution >= 4 is 5.91 Å². The fourth-order valence-corrected chi connectivity index (χ4v) is 5.50. The smallest absolute Gasteiger partial charge is 0.225 e. The van der Waals surface area contributed by atoms with Gasteiger partial charge in [-0.15, -0.1) is 0 Å². The lowest BCUT2D eigenvalue weighted by molar-refractivity contribution is -0.140. The van der Waals surface area contributed by atoms with Crippen molar-refractivity contribution in [3.63, 3.8) is 0 Å². The Hall–Kier alpha value is -1.59. The van der Waals surface area contributed by atoms with Gasteiger partial charge in [0.1, 0.15) is 11.9 Å². The van der Waals surface area contributed by atoms with Crippen LogP contribution in [0.2, 0.25) is 0 Å². The molecule has 3 heterocycles. The minimum atomic E-state index is 0.167. The molecule has 0 bridgehead atoms. The minimum Gasteiger partial charge on any atom is -0.490 e. The number of hydrogen-bond acceptors (Lipinski definition) is 4. The molecule has 30 heavy (non-hydrogen) atoms. The Kier molecular flexibility index (Phi) is 6.28. The van der Waals surface area contributed by atoms with E-state index in [1.165, 1.54) is 49.9 Å². The monoisotopic (exact) mass is 412 g/mol. The van der Waals surface area contributed by atoms with Gasteiger partial charge in [-0.05, 0) is 61.8 Å². The van der Waals surface area contributed by atoms with E-state index in [0.29, 0.717) is 5.91 Å². The van der Waals surface area contributed by atoms with Crippen LogP contribution >= 0.6 is 0 Å². The molecule has 0 aromatic heterocycles. The molecule has 0 unspecified atom stereocenters. The van der Waals surface area contributed by atoms with Crippen LogP contribution < -0.4 is 4.74 Å². The third-order valence-electron chi connectivity index (χ3n) is 7.73. The van der Waals surface area contributed by atoms with Gasteiger partial charge in [0.2, 0.25) is 5.91 Å². The molecule has 1 saturated carbocycles. The summed E-state index contributed by atoms with van der Waals surface area (Å²) in [5, 5.41) is 0. The van der Waals surface area contributed by atoms with E-state index < -0.39 is 0 Å². The molecule has 5 heteroatoms. The molecule has 0 atom stereocenters. The summed E-state index contributed by atoms with van der Waals surface area (Å²) in [6, 6.07) is 7.58. The summed E-state index contributed by atoms with van der Waals surface area (Å²) in [7, 11) is 0. The highest BCUT2D eigenvalue weighted by molar-refractivity contribution is 5.79. The first kappa shape index (κ1) is 20.3. The maximum Gasteiger partial charge on any atom is 0.225 e. The van der Waals surface area contributed by atoms with Gasteiger partial charge in [0, 0.05) is 64.2 Å². The Morgan fingerprint density at radius 1 is 0.900 bits per heavy atom. The number of benzene rings is 1. The highest BCUT2D eigenvalue weighted by Gasteiger charge is 2.30. The van der Waals surface area contributed by atoms with E-state index in [1.54, 1.807) is 0 Å². The number of carbonyl (C=O) groups excluding carboxylic acids is 1. The zero-order chi connectivity index (χ0) is 20.3. The van der Waals surface area contributed by atoms with Crippen molar-refractivity contribution in [3.8, 4) is 5.75 Å². The molecule has 1 aromatic rings. The summed E-state index contributed by atoms with van der Waals surface area (Å²) < 4.78 is 11.8. The molecule has 0 spiro atoms. The maximum atomic E-state index is 12.7. The van der Waals surface area contributed by atoms with Gasteiger partial charge in [0.15, 0.2) is 0 Å². The maximum absolute atomic E-state index is 12.7. The summed E-state index contributed by atoms with van der Waals surface area (Å²) in [5.74, 6) is 1.51. The van der Waals surface area contributed by atoms with Crippen LogP contribution in [-0.4, -0.2) is 67.2 Å². The first-order valence-corrected chi connectivity index (χ1v) is 12.2. The van der Waals surface area contributed by atoms with Gasteiger partial charge < -0.3 is 14.4 Å². The van der Waals surface area contributed by atoms with Crippen LogP contribution in [0.5, 0.6) is 5.75 Å². The standard InChI is InChI=1S/C25H36N2O3/c28-25(20-10-16-29-17-11-20)27-14-8-23(9-15-27)30-24-5-4-19-6-12-26(22-2-1-3-22)13-7-21(19)18-24/h4-5,18,20,22-23H,1-3,6-17H2. The highest BCUT2D eigenvalue weighted by atomic mass is 16.5. The van der Waals surface area contributed by atoms with E-state index in [-0.39, 0.29) is 12.0 Å². The summed E-state index contributed by atoms with van der Waals surface area (Å²) in [6.07, 6.45) is 10.3. The first-order valence-electron chi connectivity index (χ1n) is 12.2. The molecule has 3 aliphatic heterocycles. The Morgan fingerprint density at radius 3 is 2.33 bits per heavy atom. The van der Waals surface area contributed by atoms with E-state index in [0.717, 1.165) is 70.2 Å². The van der Waals surface area contributed by atoms with Crippen LogP contribution in [0.4, 0.5) is 0 Å². The predicted octanol–water partition coefficient (Wildman–Crippen LogP) is 3.44. The first-order chi connectivity index (χ1) is 14.8. The van der Waals surface area contributed by atoms with E-state index in [4.69, 9.17) is 9.47 Å². The number of nitrogens with zero attached hydrogens (tertiary/aromatic N) is 2. The van der Waals surface area contributed by atoms with Crippen molar-refractivity contribution in [2.45, 2.75) is 69.9 Å². The van der Waals surface area contributed by atoms with Crippen LogP contribution in [0, 0.1) is 5.92 Å². The Labute approximate surface area is 180 Å². The van der Waals surface area contributed by atoms with Gasteiger partial charge >= 0.3 is 0 Å². The van der Waals surface area contributed by atoms with Gasteiger partial charge in [0.25, 0.3) is 0 Å². The van der Waals surface area contributed by atoms with Crippen molar-refractivity contribution in [1.82, 2.24) is 9.80 Å². The van der Waals surface area contributed by atoms with Crippen molar-refractivity contribution in [2.75, 3.05) is 39.4 Å². The minimum absolute atomic E-state index is 0.167. The molecule has 4 aliphatic rings. The molecule has 164 valence electrons. The number of likely N-dealkylation sites (tertiary alicyclic amines) is 1. The van der Waals surface area contributed by atoms with Crippen molar-refractivity contribution in [2.24, 2.45) is 5.92 Å². The predicted molar refractivity (Wildman–Crippen MR) is 117 cm³/mol. The molecular formula is C25H36N2O3. The fourth-order valence-electron chi connectivity index (χ4n) is 5.50. The third kappa shape index (κ3) is 4.52. The molecule has 0 N–H and O–H groups in total. The normalized spacial score (nSPS) is 24.7. The Bertz CT molecular complexity index is 734. The summed E-state index contributed by atoms with van der Waals surface area (Å²) in [5.41, 5.74) is 2.97. The average molecular weight is 413 g/mol. The van der Waals surface area contributed by atoms with Crippen LogP contribution in [-0.2, 0) is 22.4 Å². The highest BCUT2D eigenvalue weighted by Crippen LogP contribution is 2.29. The molecule has 1 aromatic carbocycles. The number of fused-ring (bicyclic) bond motifs is 1. The number of rotatable bonds is 4. The number of hydrogen-bond donors (Lipinski definition) is 0. The lowest BCUT2D eigenvalue weighted by Gasteiger charge is -2.36. The second-order valence-electron chi connectivity index (χ2n) is 9.58. The summed E-state index contributed by atoms with van der Waals surface area (Å²) in [6.45, 7) is 5.50. The van der Waals surface area contributed by atoms with Crippen LogP contribution in [0.3, 0.4) is 0 Å². The Morgan fingerprint density at radius 2 is 1.63 bits per heavy atom. The molecule has 1 amide bonds. The van der Waals surface area contributed by atoms with E-state index >= 15 is 0 Å². The lowest BCUT2D eigenvalue weighted by Crippen LogP contribution is -2.45. The van der Waals surface area contributed by atoms with Gasteiger partial charge in [0.05, 0.1) is 0 Å². The number of ether oxygens (including phenoxy) is 2. The number of amides is 1. The third-order valence-corrected chi connectivity index (χ3v) is 7.73. The van der Waals surface area contributed by atoms with Crippen molar-refractivity contribution in [3.05, 3.63) is 29.3 Å². The largest absolute Gasteiger partial charge is 0.490 e. The fraction of sp³-hybridized carbons (Fsp3) is 0.720. The molecule has 1 aliphatic carbocycles. The molecule has 3 fully saturated rings. The van der Waals surface area contributed by atoms with Crippen molar-refractivity contribution in [1.29, 1.82) is 0 Å². The van der Waals surface area contributed by atoms with Gasteiger partial charge in [-0.3, -0.25) is 9.69 Å². The SMILES string of the molecule is O=C(C1CCOCC1)N1CCC(Oc2ccc3c(c2)CCN(C2CCC2)CC3)CC1. The second kappa shape index (κ2) is 9.27. The molecule has 0 radical (unpaired) electrons. The van der Waals surface area contributed by atoms with E-state index in [1.807, 2.05) is 0 Å². The molecular weight excluding hydrogens is 376 g/mol. The van der Waals surface area contributed by atoms with Crippen LogP contribution in [0.1, 0.15) is 56.1 Å². The van der Waals surface area contributed by atoms with Crippen LogP contribution in [0.25, 0.3) is 0 Å². The molecule has 2 saturated heterocycles. The van der Waals surface area contributed by atoms with Gasteiger partial charge in [-0.25, -0.2) is 0 Å². The zero-order valence-corrected chi connectivity index (χ0v) is 18.2. The Balaban J connectivity index is 1.13. The quantitative estimate of drug-likeness (QED) is 0.760. The molecule has 5 rings (SSSR count).